The molecule has 0 aromatic carbocycles. The zero-order valence-electron chi connectivity index (χ0n) is 18.3. The minimum Gasteiger partial charge on any atom is -0.348 e. The number of nitrogens with zero attached hydrogens (tertiary/aromatic N) is 5. The lowest BCUT2D eigenvalue weighted by Gasteiger charge is -2.14. The van der Waals surface area contributed by atoms with Gasteiger partial charge in [-0.1, -0.05) is 6.92 Å². The molecule has 3 aromatic heterocycles. The average Bonchev–Trinajstić information content (AvgIpc) is 3.54. The predicted octanol–water partition coefficient (Wildman–Crippen LogP) is 2.57. The SMILES string of the molecule is CCC(=O)c1cc(C)c(Nc2c(-c3cc(NC(=O)[C@H]4C[C@H]4F)ncn3)ncn(C)c2=O)cn1. The molecular weight excluding hydrogens is 429 g/mol. The van der Waals surface area contributed by atoms with Gasteiger partial charge >= 0.3 is 0 Å². The lowest BCUT2D eigenvalue weighted by atomic mass is 10.1. The van der Waals surface area contributed by atoms with E-state index < -0.39 is 18.0 Å². The fourth-order valence-electron chi connectivity index (χ4n) is 3.21. The van der Waals surface area contributed by atoms with E-state index in [1.54, 1.807) is 27.0 Å². The van der Waals surface area contributed by atoms with Crippen molar-refractivity contribution in [2.45, 2.75) is 32.9 Å². The molecule has 3 aromatic rings. The maximum atomic E-state index is 13.2. The molecule has 1 aliphatic rings. The molecule has 1 aliphatic carbocycles. The second-order valence-electron chi connectivity index (χ2n) is 7.81. The number of aryl methyl sites for hydroxylation is 2. The number of carbonyl (C=O) groups excluding carboxylic acids is 2. The van der Waals surface area contributed by atoms with Crippen molar-refractivity contribution in [3.8, 4) is 11.4 Å². The summed E-state index contributed by atoms with van der Waals surface area (Å²) in [5.41, 5.74) is 1.90. The van der Waals surface area contributed by atoms with Gasteiger partial charge in [-0.3, -0.25) is 19.4 Å². The Bertz CT molecular complexity index is 1310. The Balaban J connectivity index is 1.68. The summed E-state index contributed by atoms with van der Waals surface area (Å²) in [4.78, 5) is 53.6. The Hall–Kier alpha value is -4.02. The van der Waals surface area contributed by atoms with Crippen LogP contribution in [0.4, 0.5) is 21.6 Å². The maximum absolute atomic E-state index is 13.2. The Labute approximate surface area is 188 Å². The molecule has 2 atom stereocenters. The topological polar surface area (TPSA) is 132 Å². The van der Waals surface area contributed by atoms with Crippen molar-refractivity contribution >= 4 is 28.9 Å². The lowest BCUT2D eigenvalue weighted by Crippen LogP contribution is -2.22. The standard InChI is InChI=1S/C22H22FN7O3/c1-4-17(31)14-5-11(2)16(8-24-14)28-20-19(27-10-30(3)22(20)33)15-7-18(26-9-25-15)29-21(32)12-6-13(12)23/h5,7-10,12-13,28H,4,6H2,1-3H3,(H,25,26,29,32)/t12-,13+/m0/s1. The average molecular weight is 451 g/mol. The van der Waals surface area contributed by atoms with Crippen molar-refractivity contribution in [3.05, 3.63) is 52.6 Å². The number of hydrogen-bond donors (Lipinski definition) is 2. The first-order valence-electron chi connectivity index (χ1n) is 10.4. The first kappa shape index (κ1) is 22.2. The summed E-state index contributed by atoms with van der Waals surface area (Å²) in [5, 5.41) is 5.63. The molecule has 0 aliphatic heterocycles. The smallest absolute Gasteiger partial charge is 0.277 e. The highest BCUT2D eigenvalue weighted by molar-refractivity contribution is 5.95. The molecule has 1 amide bonds. The summed E-state index contributed by atoms with van der Waals surface area (Å²) >= 11 is 0. The summed E-state index contributed by atoms with van der Waals surface area (Å²) < 4.78 is 14.5. The van der Waals surface area contributed by atoms with Crippen LogP contribution in [0.2, 0.25) is 0 Å². The van der Waals surface area contributed by atoms with Crippen molar-refractivity contribution < 1.29 is 14.0 Å². The zero-order valence-corrected chi connectivity index (χ0v) is 18.3. The minimum atomic E-state index is -1.13. The molecule has 0 spiro atoms. The van der Waals surface area contributed by atoms with Crippen LogP contribution in [0.1, 0.15) is 35.8 Å². The molecule has 3 heterocycles. The Kier molecular flexibility index (Phi) is 5.95. The van der Waals surface area contributed by atoms with Gasteiger partial charge in [-0.25, -0.2) is 19.3 Å². The summed E-state index contributed by atoms with van der Waals surface area (Å²) in [6, 6.07) is 3.12. The van der Waals surface area contributed by atoms with E-state index in [1.807, 2.05) is 0 Å². The van der Waals surface area contributed by atoms with Crippen molar-refractivity contribution in [2.75, 3.05) is 10.6 Å². The predicted molar refractivity (Wildman–Crippen MR) is 119 cm³/mol. The number of ketones is 1. The van der Waals surface area contributed by atoms with Gasteiger partial charge in [0.05, 0.1) is 29.8 Å². The van der Waals surface area contributed by atoms with Crippen LogP contribution < -0.4 is 16.2 Å². The van der Waals surface area contributed by atoms with Gasteiger partial charge in [-0.05, 0) is 25.0 Å². The van der Waals surface area contributed by atoms with Crippen molar-refractivity contribution in [1.82, 2.24) is 24.5 Å². The van der Waals surface area contributed by atoms with E-state index in [2.05, 4.69) is 30.6 Å². The van der Waals surface area contributed by atoms with Crippen LogP contribution in [-0.4, -0.2) is 42.4 Å². The van der Waals surface area contributed by atoms with E-state index in [-0.39, 0.29) is 40.7 Å². The van der Waals surface area contributed by atoms with Gasteiger partial charge < -0.3 is 15.2 Å². The highest BCUT2D eigenvalue weighted by Gasteiger charge is 2.43. The van der Waals surface area contributed by atoms with Crippen LogP contribution in [-0.2, 0) is 11.8 Å². The number of pyridine rings is 1. The van der Waals surface area contributed by atoms with E-state index in [0.717, 1.165) is 5.56 Å². The Morgan fingerprint density at radius 3 is 2.64 bits per heavy atom. The van der Waals surface area contributed by atoms with Crippen molar-refractivity contribution in [3.63, 3.8) is 0 Å². The third-order valence-corrected chi connectivity index (χ3v) is 5.32. The zero-order chi connectivity index (χ0) is 23.7. The van der Waals surface area contributed by atoms with E-state index in [9.17, 15) is 18.8 Å². The van der Waals surface area contributed by atoms with Gasteiger partial charge in [-0.2, -0.15) is 0 Å². The van der Waals surface area contributed by atoms with Gasteiger partial charge in [0.1, 0.15) is 35.4 Å². The third kappa shape index (κ3) is 4.61. The van der Waals surface area contributed by atoms with E-state index in [0.29, 0.717) is 17.8 Å². The van der Waals surface area contributed by atoms with E-state index >= 15 is 0 Å². The normalized spacial score (nSPS) is 16.8. The molecule has 0 radical (unpaired) electrons. The minimum absolute atomic E-state index is 0.0801. The van der Waals surface area contributed by atoms with E-state index in [4.69, 9.17) is 0 Å². The summed E-state index contributed by atoms with van der Waals surface area (Å²) in [6.45, 7) is 3.56. The molecule has 33 heavy (non-hydrogen) atoms. The number of Topliss-reactive ketones (excluding diaryl/α,β-unsaturated/α-hetero) is 1. The van der Waals surface area contributed by atoms with Crippen LogP contribution in [0.15, 0.2) is 35.8 Å². The van der Waals surface area contributed by atoms with Gasteiger partial charge in [0.25, 0.3) is 5.56 Å². The Morgan fingerprint density at radius 1 is 1.21 bits per heavy atom. The number of aromatic nitrogens is 5. The molecule has 0 unspecified atom stereocenters. The molecule has 4 rings (SSSR count). The summed E-state index contributed by atoms with van der Waals surface area (Å²) in [5.74, 6) is -1.02. The molecule has 1 fully saturated rings. The molecule has 0 bridgehead atoms. The fraction of sp³-hybridized carbons (Fsp3) is 0.318. The van der Waals surface area contributed by atoms with Gasteiger partial charge in [0.2, 0.25) is 5.91 Å². The van der Waals surface area contributed by atoms with Gasteiger partial charge in [0, 0.05) is 19.5 Å². The summed E-state index contributed by atoms with van der Waals surface area (Å²) in [6.07, 6.45) is 3.48. The lowest BCUT2D eigenvalue weighted by molar-refractivity contribution is -0.117. The Morgan fingerprint density at radius 2 is 1.97 bits per heavy atom. The van der Waals surface area contributed by atoms with Crippen LogP contribution in [0.3, 0.4) is 0 Å². The largest absolute Gasteiger partial charge is 0.348 e. The summed E-state index contributed by atoms with van der Waals surface area (Å²) in [7, 11) is 1.56. The van der Waals surface area contributed by atoms with E-state index in [1.165, 1.54) is 29.5 Å². The number of halogens is 1. The number of nitrogens with one attached hydrogen (secondary N) is 2. The number of rotatable bonds is 7. The molecule has 2 N–H and O–H groups in total. The van der Waals surface area contributed by atoms with Gasteiger partial charge in [0.15, 0.2) is 5.78 Å². The second kappa shape index (κ2) is 8.85. The first-order chi connectivity index (χ1) is 15.8. The monoisotopic (exact) mass is 451 g/mol. The number of alkyl halides is 1. The van der Waals surface area contributed by atoms with Crippen LogP contribution in [0.25, 0.3) is 11.4 Å². The second-order valence-corrected chi connectivity index (χ2v) is 7.81. The number of anilines is 3. The molecule has 1 saturated carbocycles. The fourth-order valence-corrected chi connectivity index (χ4v) is 3.21. The van der Waals surface area contributed by atoms with Gasteiger partial charge in [-0.15, -0.1) is 0 Å². The van der Waals surface area contributed by atoms with Crippen LogP contribution in [0, 0.1) is 12.8 Å². The quantitative estimate of drug-likeness (QED) is 0.524. The molecule has 11 heteroatoms. The van der Waals surface area contributed by atoms with Crippen molar-refractivity contribution in [1.29, 1.82) is 0 Å². The molecular formula is C22H22FN7O3. The van der Waals surface area contributed by atoms with Crippen LogP contribution >= 0.6 is 0 Å². The van der Waals surface area contributed by atoms with Crippen LogP contribution in [0.5, 0.6) is 0 Å². The highest BCUT2D eigenvalue weighted by Crippen LogP contribution is 2.34. The number of carbonyl (C=O) groups is 2. The molecule has 0 saturated heterocycles. The molecule has 10 nitrogen and oxygen atoms in total. The number of hydrogen-bond acceptors (Lipinski definition) is 8. The molecule has 170 valence electrons. The first-order valence-corrected chi connectivity index (χ1v) is 10.4. The number of amides is 1. The van der Waals surface area contributed by atoms with Crippen molar-refractivity contribution in [2.24, 2.45) is 13.0 Å². The highest BCUT2D eigenvalue weighted by atomic mass is 19.1. The maximum Gasteiger partial charge on any atom is 0.277 e. The third-order valence-electron chi connectivity index (χ3n) is 5.32.